The molecule has 4 nitrogen and oxygen atoms in total. The number of benzene rings is 1. The Hall–Kier alpha value is -1.39. The standard InChI is InChI=1S/C17H25NO3/c19-17(20)16-9-4-5-11-18(16)12-6-13-21-14-10-15-7-2-1-3-8-15/h1-3,7-8,16H,4-6,9-14H2,(H,19,20). The van der Waals surface area contributed by atoms with Crippen LogP contribution in [0.4, 0.5) is 0 Å². The van der Waals surface area contributed by atoms with E-state index < -0.39 is 5.97 Å². The van der Waals surface area contributed by atoms with Gasteiger partial charge in [0.05, 0.1) is 6.61 Å². The third-order valence-corrected chi connectivity index (χ3v) is 4.01. The van der Waals surface area contributed by atoms with Crippen molar-refractivity contribution in [2.75, 3.05) is 26.3 Å². The van der Waals surface area contributed by atoms with Crippen molar-refractivity contribution in [3.63, 3.8) is 0 Å². The van der Waals surface area contributed by atoms with Crippen LogP contribution in [-0.4, -0.2) is 48.3 Å². The molecule has 0 radical (unpaired) electrons. The molecule has 0 saturated carbocycles. The highest BCUT2D eigenvalue weighted by Crippen LogP contribution is 2.17. The quantitative estimate of drug-likeness (QED) is 0.748. The Morgan fingerprint density at radius 1 is 1.24 bits per heavy atom. The van der Waals surface area contributed by atoms with E-state index in [4.69, 9.17) is 4.74 Å². The summed E-state index contributed by atoms with van der Waals surface area (Å²) < 4.78 is 5.65. The first-order chi connectivity index (χ1) is 10.3. The Kier molecular flexibility index (Phi) is 6.70. The Morgan fingerprint density at radius 2 is 2.05 bits per heavy atom. The number of carbonyl (C=O) groups is 1. The number of ether oxygens (including phenoxy) is 1. The van der Waals surface area contributed by atoms with Gasteiger partial charge in [0, 0.05) is 13.2 Å². The van der Waals surface area contributed by atoms with Crippen molar-refractivity contribution in [2.24, 2.45) is 0 Å². The van der Waals surface area contributed by atoms with Crippen LogP contribution in [0.2, 0.25) is 0 Å². The van der Waals surface area contributed by atoms with Crippen LogP contribution in [-0.2, 0) is 16.0 Å². The lowest BCUT2D eigenvalue weighted by Gasteiger charge is -2.32. The molecule has 1 unspecified atom stereocenters. The highest BCUT2D eigenvalue weighted by atomic mass is 16.5. The molecule has 0 spiro atoms. The van der Waals surface area contributed by atoms with Gasteiger partial charge in [-0.1, -0.05) is 36.8 Å². The maximum atomic E-state index is 11.2. The number of carboxylic acid groups (broad SMARTS) is 1. The summed E-state index contributed by atoms with van der Waals surface area (Å²) in [4.78, 5) is 13.3. The predicted octanol–water partition coefficient (Wildman–Crippen LogP) is 2.57. The molecule has 1 fully saturated rings. The van der Waals surface area contributed by atoms with Crippen LogP contribution in [0, 0.1) is 0 Å². The summed E-state index contributed by atoms with van der Waals surface area (Å²) in [6, 6.07) is 10.0. The van der Waals surface area contributed by atoms with Crippen LogP contribution < -0.4 is 0 Å². The molecule has 0 aromatic heterocycles. The first kappa shape index (κ1) is 16.0. The van der Waals surface area contributed by atoms with E-state index in [-0.39, 0.29) is 6.04 Å². The largest absolute Gasteiger partial charge is 0.480 e. The molecule has 0 bridgehead atoms. The van der Waals surface area contributed by atoms with E-state index in [2.05, 4.69) is 17.0 Å². The summed E-state index contributed by atoms with van der Waals surface area (Å²) in [5.41, 5.74) is 1.29. The molecule has 1 aromatic rings. The fourth-order valence-corrected chi connectivity index (χ4v) is 2.84. The first-order valence-corrected chi connectivity index (χ1v) is 7.86. The second-order valence-electron chi connectivity index (χ2n) is 5.59. The molecule has 1 atom stereocenters. The van der Waals surface area contributed by atoms with Gasteiger partial charge >= 0.3 is 5.97 Å². The van der Waals surface area contributed by atoms with Gasteiger partial charge in [-0.3, -0.25) is 9.69 Å². The Labute approximate surface area is 126 Å². The number of piperidine rings is 1. The zero-order chi connectivity index (χ0) is 14.9. The SMILES string of the molecule is O=C(O)C1CCCCN1CCCOCCc1ccccc1. The summed E-state index contributed by atoms with van der Waals surface area (Å²) in [5.74, 6) is -0.681. The summed E-state index contributed by atoms with van der Waals surface area (Å²) in [7, 11) is 0. The van der Waals surface area contributed by atoms with Crippen molar-refractivity contribution in [2.45, 2.75) is 38.1 Å². The van der Waals surface area contributed by atoms with Crippen LogP contribution in [0.1, 0.15) is 31.2 Å². The lowest BCUT2D eigenvalue weighted by Crippen LogP contribution is -2.45. The van der Waals surface area contributed by atoms with Crippen molar-refractivity contribution in [1.29, 1.82) is 0 Å². The lowest BCUT2D eigenvalue weighted by molar-refractivity contribution is -0.144. The van der Waals surface area contributed by atoms with Gasteiger partial charge in [0.2, 0.25) is 0 Å². The number of carboxylic acids is 1. The molecule has 1 aliphatic rings. The Morgan fingerprint density at radius 3 is 2.81 bits per heavy atom. The second-order valence-corrected chi connectivity index (χ2v) is 5.59. The molecule has 21 heavy (non-hydrogen) atoms. The summed E-state index contributed by atoms with van der Waals surface area (Å²) in [5, 5.41) is 9.20. The molecular formula is C17H25NO3. The first-order valence-electron chi connectivity index (χ1n) is 7.86. The highest BCUT2D eigenvalue weighted by molar-refractivity contribution is 5.73. The van der Waals surface area contributed by atoms with Crippen LogP contribution in [0.15, 0.2) is 30.3 Å². The fourth-order valence-electron chi connectivity index (χ4n) is 2.84. The number of nitrogens with zero attached hydrogens (tertiary/aromatic N) is 1. The average molecular weight is 291 g/mol. The summed E-state index contributed by atoms with van der Waals surface area (Å²) in [6.45, 7) is 3.16. The topological polar surface area (TPSA) is 49.8 Å². The number of likely N-dealkylation sites (tertiary alicyclic amines) is 1. The molecule has 116 valence electrons. The van der Waals surface area contributed by atoms with E-state index >= 15 is 0 Å². The smallest absolute Gasteiger partial charge is 0.320 e. The van der Waals surface area contributed by atoms with Crippen LogP contribution in [0.25, 0.3) is 0 Å². The molecule has 2 rings (SSSR count). The third-order valence-electron chi connectivity index (χ3n) is 4.01. The minimum atomic E-state index is -0.681. The van der Waals surface area contributed by atoms with Crippen LogP contribution >= 0.6 is 0 Å². The lowest BCUT2D eigenvalue weighted by atomic mass is 10.0. The maximum Gasteiger partial charge on any atom is 0.320 e. The monoisotopic (exact) mass is 291 g/mol. The zero-order valence-corrected chi connectivity index (χ0v) is 12.5. The predicted molar refractivity (Wildman–Crippen MR) is 82.4 cm³/mol. The molecular weight excluding hydrogens is 266 g/mol. The molecule has 1 aliphatic heterocycles. The van der Waals surface area contributed by atoms with E-state index in [0.29, 0.717) is 6.61 Å². The van der Waals surface area contributed by atoms with Gasteiger partial charge in [-0.2, -0.15) is 0 Å². The number of aliphatic carboxylic acids is 1. The Bertz CT molecular complexity index is 421. The Balaban J connectivity index is 1.57. The van der Waals surface area contributed by atoms with Crippen LogP contribution in [0.5, 0.6) is 0 Å². The van der Waals surface area contributed by atoms with Gasteiger partial charge in [0.1, 0.15) is 6.04 Å². The van der Waals surface area contributed by atoms with Crippen molar-refractivity contribution in [3.05, 3.63) is 35.9 Å². The molecule has 1 heterocycles. The highest BCUT2D eigenvalue weighted by Gasteiger charge is 2.27. The molecule has 4 heteroatoms. The number of hydrogen-bond donors (Lipinski definition) is 1. The normalized spacial score (nSPS) is 19.5. The van der Waals surface area contributed by atoms with E-state index in [1.165, 1.54) is 5.56 Å². The van der Waals surface area contributed by atoms with Crippen molar-refractivity contribution in [1.82, 2.24) is 4.90 Å². The van der Waals surface area contributed by atoms with E-state index in [9.17, 15) is 9.90 Å². The molecule has 0 aliphatic carbocycles. The fraction of sp³-hybridized carbons (Fsp3) is 0.588. The van der Waals surface area contributed by atoms with Crippen molar-refractivity contribution in [3.8, 4) is 0 Å². The van der Waals surface area contributed by atoms with Gasteiger partial charge in [-0.05, 0) is 37.8 Å². The maximum absolute atomic E-state index is 11.2. The van der Waals surface area contributed by atoms with Crippen molar-refractivity contribution < 1.29 is 14.6 Å². The van der Waals surface area contributed by atoms with Crippen LogP contribution in [0.3, 0.4) is 0 Å². The van der Waals surface area contributed by atoms with E-state index in [1.54, 1.807) is 0 Å². The second kappa shape index (κ2) is 8.80. The molecule has 1 aromatic carbocycles. The summed E-state index contributed by atoms with van der Waals surface area (Å²) in [6.07, 6.45) is 4.75. The van der Waals surface area contributed by atoms with Gasteiger partial charge < -0.3 is 9.84 Å². The molecule has 1 N–H and O–H groups in total. The third kappa shape index (κ3) is 5.48. The molecule has 1 saturated heterocycles. The van der Waals surface area contributed by atoms with E-state index in [0.717, 1.165) is 51.8 Å². The van der Waals surface area contributed by atoms with Gasteiger partial charge in [0.15, 0.2) is 0 Å². The van der Waals surface area contributed by atoms with Crippen molar-refractivity contribution >= 4 is 5.97 Å². The minimum Gasteiger partial charge on any atom is -0.480 e. The zero-order valence-electron chi connectivity index (χ0n) is 12.5. The number of hydrogen-bond acceptors (Lipinski definition) is 3. The van der Waals surface area contributed by atoms with Gasteiger partial charge in [0.25, 0.3) is 0 Å². The summed E-state index contributed by atoms with van der Waals surface area (Å²) >= 11 is 0. The number of rotatable bonds is 8. The van der Waals surface area contributed by atoms with E-state index in [1.807, 2.05) is 18.2 Å². The average Bonchev–Trinajstić information content (AvgIpc) is 2.52. The molecule has 0 amide bonds. The van der Waals surface area contributed by atoms with Gasteiger partial charge in [-0.25, -0.2) is 0 Å². The van der Waals surface area contributed by atoms with Gasteiger partial charge in [-0.15, -0.1) is 0 Å². The minimum absolute atomic E-state index is 0.289.